The maximum absolute atomic E-state index is 10.8. The lowest BCUT2D eigenvalue weighted by molar-refractivity contribution is -0.119. The van der Waals surface area contributed by atoms with Gasteiger partial charge in [-0.1, -0.05) is 12.1 Å². The van der Waals surface area contributed by atoms with Gasteiger partial charge in [0, 0.05) is 19.2 Å². The molecule has 5 heteroatoms. The number of benzene rings is 1. The molecule has 1 amide bonds. The number of primary amides is 1. The Morgan fingerprint density at radius 1 is 1.50 bits per heavy atom. The molecule has 0 radical (unpaired) electrons. The van der Waals surface area contributed by atoms with E-state index in [1.807, 2.05) is 18.2 Å². The smallest absolute Gasteiger partial charge is 0.255 e. The highest BCUT2D eigenvalue weighted by Gasteiger charge is 2.30. The Kier molecular flexibility index (Phi) is 5.42. The third-order valence-electron chi connectivity index (χ3n) is 4.01. The van der Waals surface area contributed by atoms with Crippen molar-refractivity contribution < 1.29 is 14.3 Å². The fraction of sp³-hybridized carbons (Fsp3) is 0.588. The first-order valence-electron chi connectivity index (χ1n) is 7.70. The van der Waals surface area contributed by atoms with Crippen LogP contribution in [0.4, 0.5) is 0 Å². The summed E-state index contributed by atoms with van der Waals surface area (Å²) in [6.45, 7) is 5.85. The van der Waals surface area contributed by atoms with Gasteiger partial charge in [-0.2, -0.15) is 0 Å². The second kappa shape index (κ2) is 7.11. The molecule has 1 aliphatic rings. The lowest BCUT2D eigenvalue weighted by Gasteiger charge is -2.39. The van der Waals surface area contributed by atoms with Gasteiger partial charge in [0.15, 0.2) is 6.61 Å². The Bertz CT molecular complexity index is 516. The van der Waals surface area contributed by atoms with Gasteiger partial charge in [0.1, 0.15) is 5.75 Å². The molecule has 1 aromatic rings. The molecule has 0 saturated carbocycles. The number of amides is 1. The van der Waals surface area contributed by atoms with Gasteiger partial charge >= 0.3 is 0 Å². The van der Waals surface area contributed by atoms with Gasteiger partial charge in [0.05, 0.1) is 5.60 Å². The Morgan fingerprint density at radius 2 is 2.27 bits per heavy atom. The number of nitrogens with two attached hydrogens (primary N) is 1. The van der Waals surface area contributed by atoms with Gasteiger partial charge < -0.3 is 15.2 Å². The maximum atomic E-state index is 10.8. The van der Waals surface area contributed by atoms with E-state index in [1.54, 1.807) is 0 Å². The van der Waals surface area contributed by atoms with Crippen molar-refractivity contribution in [1.29, 1.82) is 0 Å². The number of hydrogen-bond donors (Lipinski definition) is 1. The van der Waals surface area contributed by atoms with Gasteiger partial charge in [-0.25, -0.2) is 0 Å². The molecule has 0 bridgehead atoms. The van der Waals surface area contributed by atoms with Crippen LogP contribution in [-0.2, 0) is 16.1 Å². The second-order valence-corrected chi connectivity index (χ2v) is 6.57. The first-order chi connectivity index (χ1) is 10.4. The van der Waals surface area contributed by atoms with Crippen LogP contribution < -0.4 is 10.5 Å². The van der Waals surface area contributed by atoms with Crippen molar-refractivity contribution in [2.45, 2.75) is 44.9 Å². The topological polar surface area (TPSA) is 64.8 Å². The quantitative estimate of drug-likeness (QED) is 0.872. The monoisotopic (exact) mass is 306 g/mol. The average molecular weight is 306 g/mol. The molecular formula is C17H26N2O3. The van der Waals surface area contributed by atoms with Crippen LogP contribution in [0.5, 0.6) is 5.75 Å². The number of carbonyl (C=O) groups excluding carboxylic acids is 1. The molecule has 2 rings (SSSR count). The zero-order chi connectivity index (χ0) is 16.2. The van der Waals surface area contributed by atoms with Crippen LogP contribution in [0.1, 0.15) is 32.3 Å². The predicted octanol–water partition coefficient (Wildman–Crippen LogP) is 1.94. The molecule has 0 aromatic heterocycles. The molecule has 1 heterocycles. The molecule has 1 saturated heterocycles. The molecule has 1 atom stereocenters. The number of nitrogens with zero attached hydrogens (tertiary/aromatic N) is 1. The zero-order valence-corrected chi connectivity index (χ0v) is 13.7. The fourth-order valence-electron chi connectivity index (χ4n) is 2.88. The number of carbonyl (C=O) groups is 1. The van der Waals surface area contributed by atoms with Crippen LogP contribution in [0, 0.1) is 0 Å². The van der Waals surface area contributed by atoms with E-state index in [2.05, 4.69) is 31.9 Å². The van der Waals surface area contributed by atoms with Crippen LogP contribution in [-0.4, -0.2) is 42.7 Å². The summed E-state index contributed by atoms with van der Waals surface area (Å²) in [6.07, 6.45) is 2.08. The van der Waals surface area contributed by atoms with Gasteiger partial charge in [-0.05, 0) is 51.4 Å². The van der Waals surface area contributed by atoms with Crippen molar-refractivity contribution in [2.24, 2.45) is 5.73 Å². The Balaban J connectivity index is 1.94. The largest absolute Gasteiger partial charge is 0.484 e. The van der Waals surface area contributed by atoms with Crippen LogP contribution >= 0.6 is 0 Å². The van der Waals surface area contributed by atoms with Crippen LogP contribution in [0.25, 0.3) is 0 Å². The molecule has 0 spiro atoms. The number of ether oxygens (including phenoxy) is 2. The van der Waals surface area contributed by atoms with Crippen molar-refractivity contribution in [3.63, 3.8) is 0 Å². The third kappa shape index (κ3) is 5.00. The molecule has 0 aliphatic carbocycles. The molecule has 1 aromatic carbocycles. The molecule has 1 fully saturated rings. The van der Waals surface area contributed by atoms with E-state index in [-0.39, 0.29) is 12.2 Å². The van der Waals surface area contributed by atoms with Crippen molar-refractivity contribution in [3.05, 3.63) is 29.8 Å². The Hall–Kier alpha value is -1.59. The van der Waals surface area contributed by atoms with E-state index < -0.39 is 5.91 Å². The molecule has 1 unspecified atom stereocenters. The summed E-state index contributed by atoms with van der Waals surface area (Å²) in [5.74, 6) is 0.212. The van der Waals surface area contributed by atoms with Crippen molar-refractivity contribution in [1.82, 2.24) is 4.90 Å². The highest BCUT2D eigenvalue weighted by atomic mass is 16.5. The SMILES string of the molecule is CN(Cc1cccc(OCC(N)=O)c1)C1CCOC(C)(C)C1. The summed E-state index contributed by atoms with van der Waals surface area (Å²) in [7, 11) is 2.14. The van der Waals surface area contributed by atoms with E-state index in [1.165, 1.54) is 0 Å². The third-order valence-corrected chi connectivity index (χ3v) is 4.01. The van der Waals surface area contributed by atoms with E-state index in [0.717, 1.165) is 31.6 Å². The second-order valence-electron chi connectivity index (χ2n) is 6.57. The van der Waals surface area contributed by atoms with Crippen LogP contribution in [0.15, 0.2) is 24.3 Å². The summed E-state index contributed by atoms with van der Waals surface area (Å²) in [5, 5.41) is 0. The van der Waals surface area contributed by atoms with Gasteiger partial charge in [-0.15, -0.1) is 0 Å². The number of rotatable bonds is 6. The molecule has 22 heavy (non-hydrogen) atoms. The first kappa shape index (κ1) is 16.8. The maximum Gasteiger partial charge on any atom is 0.255 e. The molecular weight excluding hydrogens is 280 g/mol. The lowest BCUT2D eigenvalue weighted by Crippen LogP contribution is -2.44. The van der Waals surface area contributed by atoms with Crippen LogP contribution in [0.3, 0.4) is 0 Å². The van der Waals surface area contributed by atoms with E-state index in [9.17, 15) is 4.79 Å². The van der Waals surface area contributed by atoms with E-state index >= 15 is 0 Å². The fourth-order valence-corrected chi connectivity index (χ4v) is 2.88. The minimum absolute atomic E-state index is 0.0520. The van der Waals surface area contributed by atoms with Crippen molar-refractivity contribution >= 4 is 5.91 Å². The van der Waals surface area contributed by atoms with Gasteiger partial charge in [-0.3, -0.25) is 9.69 Å². The van der Waals surface area contributed by atoms with Crippen molar-refractivity contribution in [2.75, 3.05) is 20.3 Å². The molecule has 2 N–H and O–H groups in total. The van der Waals surface area contributed by atoms with Gasteiger partial charge in [0.2, 0.25) is 0 Å². The first-order valence-corrected chi connectivity index (χ1v) is 7.70. The highest BCUT2D eigenvalue weighted by molar-refractivity contribution is 5.75. The van der Waals surface area contributed by atoms with E-state index in [4.69, 9.17) is 15.2 Å². The minimum Gasteiger partial charge on any atom is -0.484 e. The lowest BCUT2D eigenvalue weighted by atomic mass is 9.93. The minimum atomic E-state index is -0.466. The zero-order valence-electron chi connectivity index (χ0n) is 13.7. The Morgan fingerprint density at radius 3 is 2.95 bits per heavy atom. The molecule has 5 nitrogen and oxygen atoms in total. The summed E-state index contributed by atoms with van der Waals surface area (Å²) in [4.78, 5) is 13.1. The van der Waals surface area contributed by atoms with Crippen molar-refractivity contribution in [3.8, 4) is 5.75 Å². The summed E-state index contributed by atoms with van der Waals surface area (Å²) < 4.78 is 11.1. The summed E-state index contributed by atoms with van der Waals surface area (Å²) >= 11 is 0. The molecule has 122 valence electrons. The predicted molar refractivity (Wildman–Crippen MR) is 85.7 cm³/mol. The van der Waals surface area contributed by atoms with Gasteiger partial charge in [0.25, 0.3) is 5.91 Å². The summed E-state index contributed by atoms with van der Waals surface area (Å²) in [5.41, 5.74) is 6.21. The number of hydrogen-bond acceptors (Lipinski definition) is 4. The Labute approximate surface area is 132 Å². The summed E-state index contributed by atoms with van der Waals surface area (Å²) in [6, 6.07) is 8.32. The standard InChI is InChI=1S/C17H26N2O3/c1-17(2)10-14(7-8-22-17)19(3)11-13-5-4-6-15(9-13)21-12-16(18)20/h4-6,9,14H,7-8,10-12H2,1-3H3,(H2,18,20). The highest BCUT2D eigenvalue weighted by Crippen LogP contribution is 2.27. The van der Waals surface area contributed by atoms with E-state index in [0.29, 0.717) is 11.8 Å². The normalized spacial score (nSPS) is 20.8. The molecule has 1 aliphatic heterocycles. The van der Waals surface area contributed by atoms with Crippen LogP contribution in [0.2, 0.25) is 0 Å². The average Bonchev–Trinajstić information content (AvgIpc) is 2.44.